The van der Waals surface area contributed by atoms with E-state index in [4.69, 9.17) is 0 Å². The number of pyridine rings is 1. The first kappa shape index (κ1) is 8.37. The molecule has 1 aliphatic heterocycles. The van der Waals surface area contributed by atoms with Gasteiger partial charge in [-0.05, 0) is 6.07 Å². The van der Waals surface area contributed by atoms with Crippen molar-refractivity contribution >= 4 is 16.9 Å². The van der Waals surface area contributed by atoms with Gasteiger partial charge in [-0.15, -0.1) is 0 Å². The molecule has 4 nitrogen and oxygen atoms in total. The van der Waals surface area contributed by atoms with E-state index in [0.717, 1.165) is 23.0 Å². The first-order valence-electron chi connectivity index (χ1n) is 4.00. The largest absolute Gasteiger partial charge is 0.618 e. The minimum Gasteiger partial charge on any atom is -0.618 e. The second-order valence-corrected chi connectivity index (χ2v) is 3.59. The first-order valence-corrected chi connectivity index (χ1v) is 4.82. The summed E-state index contributed by atoms with van der Waals surface area (Å²) in [6.07, 6.45) is 1.48. The molecule has 1 aromatic rings. The van der Waals surface area contributed by atoms with Crippen LogP contribution in [0.2, 0.25) is 0 Å². The SMILES string of the molecule is [O-][n+]1ccccc1SC1=NCCN1. The number of amidine groups is 1. The summed E-state index contributed by atoms with van der Waals surface area (Å²) >= 11 is 1.37. The van der Waals surface area contributed by atoms with Crippen LogP contribution in [0.25, 0.3) is 0 Å². The van der Waals surface area contributed by atoms with Crippen molar-refractivity contribution in [2.75, 3.05) is 13.1 Å². The average Bonchev–Trinajstić information content (AvgIpc) is 2.61. The van der Waals surface area contributed by atoms with Gasteiger partial charge in [-0.3, -0.25) is 4.99 Å². The first-order chi connectivity index (χ1) is 6.36. The van der Waals surface area contributed by atoms with E-state index in [9.17, 15) is 5.21 Å². The van der Waals surface area contributed by atoms with Crippen molar-refractivity contribution in [3.05, 3.63) is 29.6 Å². The lowest BCUT2D eigenvalue weighted by Crippen LogP contribution is -2.29. The molecule has 0 atom stereocenters. The summed E-state index contributed by atoms with van der Waals surface area (Å²) in [4.78, 5) is 4.19. The lowest BCUT2D eigenvalue weighted by molar-refractivity contribution is -0.645. The van der Waals surface area contributed by atoms with E-state index in [0.29, 0.717) is 5.03 Å². The summed E-state index contributed by atoms with van der Waals surface area (Å²) in [5, 5.41) is 15.8. The number of nitrogens with zero attached hydrogens (tertiary/aromatic N) is 2. The molecule has 1 N–H and O–H groups in total. The Labute approximate surface area is 80.3 Å². The van der Waals surface area contributed by atoms with E-state index < -0.39 is 0 Å². The van der Waals surface area contributed by atoms with Gasteiger partial charge in [0.05, 0.1) is 6.54 Å². The van der Waals surface area contributed by atoms with Crippen molar-refractivity contribution in [3.8, 4) is 0 Å². The lowest BCUT2D eigenvalue weighted by atomic mass is 10.5. The highest BCUT2D eigenvalue weighted by atomic mass is 32.2. The molecule has 2 heterocycles. The van der Waals surface area contributed by atoms with Crippen molar-refractivity contribution < 1.29 is 4.73 Å². The molecular formula is C8H9N3OS. The van der Waals surface area contributed by atoms with Crippen molar-refractivity contribution in [3.63, 3.8) is 0 Å². The summed E-state index contributed by atoms with van der Waals surface area (Å²) in [7, 11) is 0. The highest BCUT2D eigenvalue weighted by Gasteiger charge is 2.12. The van der Waals surface area contributed by atoms with Crippen LogP contribution in [-0.4, -0.2) is 18.3 Å². The number of thioether (sulfide) groups is 1. The molecule has 0 spiro atoms. The Hall–Kier alpha value is -1.23. The zero-order valence-corrected chi connectivity index (χ0v) is 7.75. The smallest absolute Gasteiger partial charge is 0.259 e. The van der Waals surface area contributed by atoms with Gasteiger partial charge in [0.15, 0.2) is 11.4 Å². The number of hydrogen-bond donors (Lipinski definition) is 1. The van der Waals surface area contributed by atoms with Crippen molar-refractivity contribution in [2.45, 2.75) is 5.03 Å². The third-order valence-electron chi connectivity index (χ3n) is 1.63. The normalized spacial score (nSPS) is 15.2. The second-order valence-electron chi connectivity index (χ2n) is 2.58. The van der Waals surface area contributed by atoms with Crippen molar-refractivity contribution in [2.24, 2.45) is 4.99 Å². The van der Waals surface area contributed by atoms with Gasteiger partial charge in [0.1, 0.15) is 0 Å². The topological polar surface area (TPSA) is 51.3 Å². The minimum atomic E-state index is 0.649. The Morgan fingerprint density at radius 1 is 1.54 bits per heavy atom. The van der Waals surface area contributed by atoms with E-state index in [2.05, 4.69) is 10.3 Å². The average molecular weight is 195 g/mol. The maximum Gasteiger partial charge on any atom is 0.259 e. The van der Waals surface area contributed by atoms with Crippen LogP contribution >= 0.6 is 11.8 Å². The molecule has 0 fully saturated rings. The fourth-order valence-electron chi connectivity index (χ4n) is 1.04. The van der Waals surface area contributed by atoms with Gasteiger partial charge in [-0.25, -0.2) is 0 Å². The molecule has 68 valence electrons. The van der Waals surface area contributed by atoms with Gasteiger partial charge < -0.3 is 10.5 Å². The molecule has 0 saturated carbocycles. The van der Waals surface area contributed by atoms with Crippen LogP contribution in [0.5, 0.6) is 0 Å². The zero-order chi connectivity index (χ0) is 9.10. The van der Waals surface area contributed by atoms with Crippen LogP contribution in [0.3, 0.4) is 0 Å². The summed E-state index contributed by atoms with van der Waals surface area (Å²) in [6, 6.07) is 5.33. The molecule has 2 rings (SSSR count). The van der Waals surface area contributed by atoms with Gasteiger partial charge in [-0.1, -0.05) is 0 Å². The van der Waals surface area contributed by atoms with Crippen LogP contribution in [0.4, 0.5) is 0 Å². The van der Waals surface area contributed by atoms with Crippen LogP contribution in [0, 0.1) is 5.21 Å². The molecule has 0 aromatic carbocycles. The number of aromatic nitrogens is 1. The summed E-state index contributed by atoms with van der Waals surface area (Å²) in [5.41, 5.74) is 0. The highest BCUT2D eigenvalue weighted by Crippen LogP contribution is 2.14. The van der Waals surface area contributed by atoms with E-state index in [1.165, 1.54) is 18.0 Å². The van der Waals surface area contributed by atoms with E-state index >= 15 is 0 Å². The van der Waals surface area contributed by atoms with Gasteiger partial charge in [0.2, 0.25) is 0 Å². The Morgan fingerprint density at radius 2 is 2.46 bits per heavy atom. The molecular weight excluding hydrogens is 186 g/mol. The monoisotopic (exact) mass is 195 g/mol. The predicted octanol–water partition coefficient (Wildman–Crippen LogP) is 0.371. The molecule has 1 aliphatic rings. The summed E-state index contributed by atoms with van der Waals surface area (Å²) in [6.45, 7) is 1.67. The fourth-order valence-corrected chi connectivity index (χ4v) is 1.86. The number of nitrogens with one attached hydrogen (secondary N) is 1. The summed E-state index contributed by atoms with van der Waals surface area (Å²) in [5.74, 6) is 0. The van der Waals surface area contributed by atoms with Gasteiger partial charge in [0, 0.05) is 30.4 Å². The molecule has 0 bridgehead atoms. The van der Waals surface area contributed by atoms with Gasteiger partial charge in [0.25, 0.3) is 5.03 Å². The van der Waals surface area contributed by atoms with E-state index in [1.54, 1.807) is 12.1 Å². The zero-order valence-electron chi connectivity index (χ0n) is 6.93. The molecule has 5 heteroatoms. The van der Waals surface area contributed by atoms with E-state index in [1.807, 2.05) is 6.07 Å². The predicted molar refractivity (Wildman–Crippen MR) is 51.6 cm³/mol. The Morgan fingerprint density at radius 3 is 3.15 bits per heavy atom. The molecule has 1 aromatic heterocycles. The minimum absolute atomic E-state index is 0.649. The standard InChI is InChI=1S/C8H9N3OS/c12-11-6-2-1-3-7(11)13-8-9-4-5-10-8/h1-3,6H,4-5H2,(H,9,10). The summed E-state index contributed by atoms with van der Waals surface area (Å²) < 4.78 is 0.840. The fraction of sp³-hybridized carbons (Fsp3) is 0.250. The number of aliphatic imine (C=N–C) groups is 1. The molecule has 0 radical (unpaired) electrons. The van der Waals surface area contributed by atoms with Gasteiger partial charge >= 0.3 is 0 Å². The van der Waals surface area contributed by atoms with Crippen LogP contribution in [0.15, 0.2) is 34.4 Å². The Kier molecular flexibility index (Phi) is 2.35. The maximum absolute atomic E-state index is 11.2. The molecule has 13 heavy (non-hydrogen) atoms. The second kappa shape index (κ2) is 3.66. The van der Waals surface area contributed by atoms with Crippen molar-refractivity contribution in [1.82, 2.24) is 5.32 Å². The molecule has 0 amide bonds. The third kappa shape index (κ3) is 1.92. The van der Waals surface area contributed by atoms with Gasteiger partial charge in [-0.2, -0.15) is 4.73 Å². The van der Waals surface area contributed by atoms with Crippen molar-refractivity contribution in [1.29, 1.82) is 0 Å². The van der Waals surface area contributed by atoms with Crippen LogP contribution in [-0.2, 0) is 0 Å². The van der Waals surface area contributed by atoms with Crippen LogP contribution in [0.1, 0.15) is 0 Å². The van der Waals surface area contributed by atoms with Crippen LogP contribution < -0.4 is 10.0 Å². The highest BCUT2D eigenvalue weighted by molar-refractivity contribution is 8.13. The maximum atomic E-state index is 11.2. The Bertz CT molecular complexity index is 340. The molecule has 0 saturated heterocycles. The number of hydrogen-bond acceptors (Lipinski definition) is 4. The molecule has 0 unspecified atom stereocenters. The quantitative estimate of drug-likeness (QED) is 0.520. The number of rotatable bonds is 1. The Balaban J connectivity index is 2.13. The van der Waals surface area contributed by atoms with E-state index in [-0.39, 0.29) is 0 Å². The molecule has 0 aliphatic carbocycles. The third-order valence-corrected chi connectivity index (χ3v) is 2.63. The lowest BCUT2D eigenvalue weighted by Gasteiger charge is -2.02.